The average molecular weight is 346 g/mol. The zero-order valence-electron chi connectivity index (χ0n) is 8.35. The average Bonchev–Trinajstić information content (AvgIpc) is 2.64. The van der Waals surface area contributed by atoms with Crippen molar-refractivity contribution in [2.45, 2.75) is 12.6 Å². The first-order valence-corrected chi connectivity index (χ1v) is 6.35. The largest absolute Gasteiger partial charge is 0.386 e. The van der Waals surface area contributed by atoms with Gasteiger partial charge in [0.2, 0.25) is 0 Å². The molecule has 2 rings (SSSR count). The summed E-state index contributed by atoms with van der Waals surface area (Å²) in [5, 5.41) is 14.1. The maximum Gasteiger partial charge on any atom is 0.0986 e. The molecular weight excluding hydrogens is 336 g/mol. The van der Waals surface area contributed by atoms with Gasteiger partial charge in [0.1, 0.15) is 0 Å². The lowest BCUT2D eigenvalue weighted by atomic mass is 10.1. The smallest absolute Gasteiger partial charge is 0.0986 e. The van der Waals surface area contributed by atoms with Gasteiger partial charge in [-0.25, -0.2) is 0 Å². The molecule has 5 heteroatoms. The maximum absolute atomic E-state index is 10.0. The van der Waals surface area contributed by atoms with Crippen LogP contribution in [-0.2, 0) is 6.54 Å². The highest BCUT2D eigenvalue weighted by Gasteiger charge is 2.09. The van der Waals surface area contributed by atoms with E-state index in [1.54, 1.807) is 10.9 Å². The molecule has 84 valence electrons. The van der Waals surface area contributed by atoms with Gasteiger partial charge in [-0.15, -0.1) is 0 Å². The molecule has 0 spiro atoms. The summed E-state index contributed by atoms with van der Waals surface area (Å²) in [4.78, 5) is 0. The Labute approximate surface area is 110 Å². The van der Waals surface area contributed by atoms with Crippen molar-refractivity contribution in [3.8, 4) is 0 Å². The van der Waals surface area contributed by atoms with Gasteiger partial charge in [-0.1, -0.05) is 28.1 Å². The van der Waals surface area contributed by atoms with Crippen LogP contribution < -0.4 is 0 Å². The number of aliphatic hydroxyl groups is 1. The summed E-state index contributed by atoms with van der Waals surface area (Å²) in [6.45, 7) is 0.446. The number of halogens is 2. The van der Waals surface area contributed by atoms with Crippen molar-refractivity contribution in [3.63, 3.8) is 0 Å². The Bertz CT molecular complexity index is 484. The molecule has 0 radical (unpaired) electrons. The van der Waals surface area contributed by atoms with Gasteiger partial charge >= 0.3 is 0 Å². The summed E-state index contributed by atoms with van der Waals surface area (Å²) >= 11 is 6.70. The topological polar surface area (TPSA) is 38.0 Å². The van der Waals surface area contributed by atoms with Crippen LogP contribution >= 0.6 is 31.9 Å². The summed E-state index contributed by atoms with van der Waals surface area (Å²) in [6, 6.07) is 7.64. The van der Waals surface area contributed by atoms with Gasteiger partial charge in [-0.2, -0.15) is 5.10 Å². The van der Waals surface area contributed by atoms with Crippen molar-refractivity contribution in [1.29, 1.82) is 0 Å². The molecule has 0 fully saturated rings. The Morgan fingerprint density at radius 3 is 2.75 bits per heavy atom. The molecule has 16 heavy (non-hydrogen) atoms. The maximum atomic E-state index is 10.0. The molecule has 1 N–H and O–H groups in total. The molecule has 0 saturated heterocycles. The minimum Gasteiger partial charge on any atom is -0.386 e. The number of aromatic nitrogens is 2. The predicted octanol–water partition coefficient (Wildman–Crippen LogP) is 3.14. The van der Waals surface area contributed by atoms with E-state index in [0.29, 0.717) is 6.54 Å². The first kappa shape index (κ1) is 11.8. The second-order valence-corrected chi connectivity index (χ2v) is 5.28. The molecule has 1 aromatic heterocycles. The summed E-state index contributed by atoms with van der Waals surface area (Å²) < 4.78 is 3.58. The number of benzene rings is 1. The molecule has 1 atom stereocenters. The van der Waals surface area contributed by atoms with E-state index in [0.717, 1.165) is 14.5 Å². The van der Waals surface area contributed by atoms with E-state index in [1.165, 1.54) is 0 Å². The minimum absolute atomic E-state index is 0.446. The van der Waals surface area contributed by atoms with Crippen molar-refractivity contribution < 1.29 is 5.11 Å². The Morgan fingerprint density at radius 2 is 2.12 bits per heavy atom. The summed E-state index contributed by atoms with van der Waals surface area (Å²) in [7, 11) is 0. The highest BCUT2D eigenvalue weighted by Crippen LogP contribution is 2.19. The lowest BCUT2D eigenvalue weighted by Crippen LogP contribution is -2.08. The van der Waals surface area contributed by atoms with Gasteiger partial charge in [0, 0.05) is 10.7 Å². The molecular formula is C11H10Br2N2O. The predicted molar refractivity (Wildman–Crippen MR) is 69.0 cm³/mol. The fourth-order valence-corrected chi connectivity index (χ4v) is 2.18. The molecule has 0 bridgehead atoms. The number of rotatable bonds is 3. The van der Waals surface area contributed by atoms with Gasteiger partial charge < -0.3 is 5.11 Å². The monoisotopic (exact) mass is 344 g/mol. The normalized spacial score (nSPS) is 12.7. The van der Waals surface area contributed by atoms with Gasteiger partial charge in [0.05, 0.1) is 23.3 Å². The third kappa shape index (κ3) is 2.93. The third-order valence-corrected chi connectivity index (χ3v) is 3.10. The number of hydrogen-bond acceptors (Lipinski definition) is 2. The Kier molecular flexibility index (Phi) is 3.78. The van der Waals surface area contributed by atoms with E-state index < -0.39 is 6.10 Å². The number of nitrogens with zero attached hydrogens (tertiary/aromatic N) is 2. The van der Waals surface area contributed by atoms with Crippen LogP contribution in [0.2, 0.25) is 0 Å². The quantitative estimate of drug-likeness (QED) is 0.928. The zero-order valence-corrected chi connectivity index (χ0v) is 11.5. The number of aliphatic hydroxyl groups excluding tert-OH is 1. The zero-order chi connectivity index (χ0) is 11.5. The van der Waals surface area contributed by atoms with Crippen LogP contribution in [0, 0.1) is 0 Å². The van der Waals surface area contributed by atoms with Crippen LogP contribution in [0.25, 0.3) is 0 Å². The SMILES string of the molecule is OC(Cn1cc(Br)cn1)c1cccc(Br)c1. The standard InChI is InChI=1S/C11H10Br2N2O/c12-9-3-1-2-8(4-9)11(16)7-15-6-10(13)5-14-15/h1-6,11,16H,7H2. The molecule has 0 aliphatic heterocycles. The van der Waals surface area contributed by atoms with Gasteiger partial charge in [0.25, 0.3) is 0 Å². The first-order chi connectivity index (χ1) is 7.65. The van der Waals surface area contributed by atoms with Crippen molar-refractivity contribution in [1.82, 2.24) is 9.78 Å². The van der Waals surface area contributed by atoms with E-state index in [9.17, 15) is 5.11 Å². The summed E-state index contributed by atoms with van der Waals surface area (Å²) in [5.41, 5.74) is 0.876. The van der Waals surface area contributed by atoms with Crippen LogP contribution in [-0.4, -0.2) is 14.9 Å². The van der Waals surface area contributed by atoms with E-state index in [-0.39, 0.29) is 0 Å². The summed E-state index contributed by atoms with van der Waals surface area (Å²) in [6.07, 6.45) is 2.98. The second kappa shape index (κ2) is 5.12. The Hall–Kier alpha value is -0.650. The fraction of sp³-hybridized carbons (Fsp3) is 0.182. The molecule has 2 aromatic rings. The van der Waals surface area contributed by atoms with Gasteiger partial charge in [-0.3, -0.25) is 4.68 Å². The molecule has 0 aliphatic carbocycles. The lowest BCUT2D eigenvalue weighted by Gasteiger charge is -2.11. The number of hydrogen-bond donors (Lipinski definition) is 1. The Balaban J connectivity index is 2.11. The van der Waals surface area contributed by atoms with E-state index >= 15 is 0 Å². The molecule has 0 aliphatic rings. The van der Waals surface area contributed by atoms with Crippen LogP contribution in [0.3, 0.4) is 0 Å². The molecule has 1 heterocycles. The fourth-order valence-electron chi connectivity index (χ4n) is 1.43. The molecule has 0 amide bonds. The van der Waals surface area contributed by atoms with Crippen LogP contribution in [0.4, 0.5) is 0 Å². The van der Waals surface area contributed by atoms with E-state index in [2.05, 4.69) is 37.0 Å². The van der Waals surface area contributed by atoms with Crippen molar-refractivity contribution in [2.24, 2.45) is 0 Å². The van der Waals surface area contributed by atoms with Crippen molar-refractivity contribution in [3.05, 3.63) is 51.2 Å². The molecule has 1 unspecified atom stereocenters. The van der Waals surface area contributed by atoms with E-state index in [1.807, 2.05) is 30.5 Å². The van der Waals surface area contributed by atoms with Crippen LogP contribution in [0.15, 0.2) is 45.6 Å². The van der Waals surface area contributed by atoms with Crippen LogP contribution in [0.1, 0.15) is 11.7 Å². The second-order valence-electron chi connectivity index (χ2n) is 3.45. The van der Waals surface area contributed by atoms with Crippen molar-refractivity contribution in [2.75, 3.05) is 0 Å². The van der Waals surface area contributed by atoms with Gasteiger partial charge in [0.15, 0.2) is 0 Å². The van der Waals surface area contributed by atoms with Crippen LogP contribution in [0.5, 0.6) is 0 Å². The molecule has 0 saturated carbocycles. The molecule has 1 aromatic carbocycles. The minimum atomic E-state index is -0.552. The van der Waals surface area contributed by atoms with E-state index in [4.69, 9.17) is 0 Å². The summed E-state index contributed by atoms with van der Waals surface area (Å²) in [5.74, 6) is 0. The first-order valence-electron chi connectivity index (χ1n) is 4.76. The Morgan fingerprint density at radius 1 is 1.31 bits per heavy atom. The highest BCUT2D eigenvalue weighted by molar-refractivity contribution is 9.10. The molecule has 3 nitrogen and oxygen atoms in total. The van der Waals surface area contributed by atoms with Crippen molar-refractivity contribution >= 4 is 31.9 Å². The lowest BCUT2D eigenvalue weighted by molar-refractivity contribution is 0.151. The highest BCUT2D eigenvalue weighted by atomic mass is 79.9. The van der Waals surface area contributed by atoms with Gasteiger partial charge in [-0.05, 0) is 33.6 Å². The third-order valence-electron chi connectivity index (χ3n) is 2.20.